The van der Waals surface area contributed by atoms with E-state index in [2.05, 4.69) is 0 Å². The molecule has 0 aliphatic rings. The fourth-order valence-electron chi connectivity index (χ4n) is 1.53. The van der Waals surface area contributed by atoms with E-state index in [1.54, 1.807) is 19.2 Å². The van der Waals surface area contributed by atoms with Gasteiger partial charge in [0, 0.05) is 13.5 Å². The molecule has 0 radical (unpaired) electrons. The number of rotatable bonds is 8. The van der Waals surface area contributed by atoms with Crippen molar-refractivity contribution in [3.8, 4) is 5.75 Å². The molecule has 1 unspecified atom stereocenters. The van der Waals surface area contributed by atoms with Crippen molar-refractivity contribution in [1.82, 2.24) is 0 Å². The minimum Gasteiger partial charge on any atom is -0.494 e. The smallest absolute Gasteiger partial charge is 0.165 e. The van der Waals surface area contributed by atoms with E-state index in [0.717, 1.165) is 0 Å². The third-order valence-electron chi connectivity index (χ3n) is 2.43. The zero-order valence-corrected chi connectivity index (χ0v) is 10.7. The number of ether oxygens (including phenoxy) is 3. The van der Waals surface area contributed by atoms with E-state index in [-0.39, 0.29) is 12.4 Å². The molecule has 0 saturated carbocycles. The van der Waals surface area contributed by atoms with Crippen molar-refractivity contribution in [1.29, 1.82) is 0 Å². The highest BCUT2D eigenvalue weighted by molar-refractivity contribution is 5.29. The Hall–Kier alpha value is -1.17. The number of hydrogen-bond donors (Lipinski definition) is 1. The van der Waals surface area contributed by atoms with E-state index in [0.29, 0.717) is 25.2 Å². The van der Waals surface area contributed by atoms with Crippen LogP contribution >= 0.6 is 0 Å². The highest BCUT2D eigenvalue weighted by atomic mass is 19.1. The number of methoxy groups -OCH3 is 2. The molecule has 0 aromatic heterocycles. The van der Waals surface area contributed by atoms with Gasteiger partial charge in [0.2, 0.25) is 0 Å². The quantitative estimate of drug-likeness (QED) is 0.716. The fraction of sp³-hybridized carbons (Fsp3) is 0.538. The summed E-state index contributed by atoms with van der Waals surface area (Å²) in [6.45, 7) is 1.13. The first-order valence-corrected chi connectivity index (χ1v) is 5.74. The normalized spacial score (nSPS) is 12.4. The Morgan fingerprint density at radius 2 is 2.06 bits per heavy atom. The topological polar surface area (TPSA) is 47.9 Å². The Labute approximate surface area is 106 Å². The van der Waals surface area contributed by atoms with Crippen LogP contribution in [0, 0.1) is 5.82 Å². The van der Waals surface area contributed by atoms with Gasteiger partial charge in [-0.3, -0.25) is 0 Å². The van der Waals surface area contributed by atoms with Crippen molar-refractivity contribution in [3.05, 3.63) is 29.6 Å². The van der Waals surface area contributed by atoms with E-state index >= 15 is 0 Å². The number of aliphatic hydroxyl groups is 1. The third kappa shape index (κ3) is 5.00. The van der Waals surface area contributed by atoms with Gasteiger partial charge >= 0.3 is 0 Å². The summed E-state index contributed by atoms with van der Waals surface area (Å²) in [6.07, 6.45) is -0.317. The fourth-order valence-corrected chi connectivity index (χ4v) is 1.53. The summed E-state index contributed by atoms with van der Waals surface area (Å²) < 4.78 is 28.2. The molecular weight excluding hydrogens is 239 g/mol. The van der Waals surface area contributed by atoms with Crippen LogP contribution in [0.1, 0.15) is 5.56 Å². The molecule has 1 atom stereocenters. The summed E-state index contributed by atoms with van der Waals surface area (Å²) in [7, 11) is 3.00. The van der Waals surface area contributed by atoms with Crippen molar-refractivity contribution in [2.45, 2.75) is 12.5 Å². The van der Waals surface area contributed by atoms with Gasteiger partial charge in [0.05, 0.1) is 33.0 Å². The highest BCUT2D eigenvalue weighted by Gasteiger charge is 2.09. The molecule has 1 N–H and O–H groups in total. The molecule has 0 heterocycles. The first-order chi connectivity index (χ1) is 8.67. The van der Waals surface area contributed by atoms with Crippen LogP contribution in [0.15, 0.2) is 18.2 Å². The second-order valence-corrected chi connectivity index (χ2v) is 3.89. The van der Waals surface area contributed by atoms with Crippen LogP contribution in [0.5, 0.6) is 5.75 Å². The molecule has 0 amide bonds. The molecule has 0 fully saturated rings. The van der Waals surface area contributed by atoms with Crippen LogP contribution in [0.2, 0.25) is 0 Å². The molecule has 0 spiro atoms. The van der Waals surface area contributed by atoms with Gasteiger partial charge in [-0.1, -0.05) is 6.07 Å². The van der Waals surface area contributed by atoms with Gasteiger partial charge in [-0.25, -0.2) is 4.39 Å². The molecule has 1 aromatic rings. The van der Waals surface area contributed by atoms with Crippen molar-refractivity contribution in [2.24, 2.45) is 0 Å². The predicted molar refractivity (Wildman–Crippen MR) is 65.4 cm³/mol. The van der Waals surface area contributed by atoms with Crippen molar-refractivity contribution in [3.63, 3.8) is 0 Å². The molecule has 5 heteroatoms. The zero-order chi connectivity index (χ0) is 13.4. The predicted octanol–water partition coefficient (Wildman–Crippen LogP) is 1.40. The maximum Gasteiger partial charge on any atom is 0.165 e. The molecule has 4 nitrogen and oxygen atoms in total. The number of benzene rings is 1. The number of aliphatic hydroxyl groups excluding tert-OH is 1. The first kappa shape index (κ1) is 14.9. The summed E-state index contributed by atoms with van der Waals surface area (Å²) in [5.74, 6) is -0.230. The average molecular weight is 258 g/mol. The monoisotopic (exact) mass is 258 g/mol. The Balaban J connectivity index is 2.39. The molecular formula is C13H19FO4. The van der Waals surface area contributed by atoms with Crippen molar-refractivity contribution < 1.29 is 23.7 Å². The van der Waals surface area contributed by atoms with Crippen molar-refractivity contribution in [2.75, 3.05) is 34.0 Å². The van der Waals surface area contributed by atoms with Crippen LogP contribution in [0.3, 0.4) is 0 Å². The highest BCUT2D eigenvalue weighted by Crippen LogP contribution is 2.18. The van der Waals surface area contributed by atoms with Crippen LogP contribution in [0.4, 0.5) is 4.39 Å². The van der Waals surface area contributed by atoms with Gasteiger partial charge < -0.3 is 19.3 Å². The lowest BCUT2D eigenvalue weighted by Crippen LogP contribution is -2.19. The first-order valence-electron chi connectivity index (χ1n) is 5.74. The van der Waals surface area contributed by atoms with E-state index in [1.165, 1.54) is 13.2 Å². The standard InChI is InChI=1S/C13H19FO4/c1-16-5-6-18-9-11(15)7-10-3-4-13(17-2)12(14)8-10/h3-4,8,11,15H,5-7,9H2,1-2H3. The second-order valence-electron chi connectivity index (χ2n) is 3.89. The minimum absolute atomic E-state index is 0.199. The lowest BCUT2D eigenvalue weighted by atomic mass is 10.1. The minimum atomic E-state index is -0.658. The van der Waals surface area contributed by atoms with Crippen LogP contribution in [-0.4, -0.2) is 45.3 Å². The maximum absolute atomic E-state index is 13.4. The molecule has 18 heavy (non-hydrogen) atoms. The van der Waals surface area contributed by atoms with E-state index in [9.17, 15) is 9.50 Å². The third-order valence-corrected chi connectivity index (χ3v) is 2.43. The Morgan fingerprint density at radius 1 is 1.28 bits per heavy atom. The second kappa shape index (κ2) is 8.02. The van der Waals surface area contributed by atoms with Gasteiger partial charge in [0.1, 0.15) is 0 Å². The molecule has 1 aromatic carbocycles. The van der Waals surface area contributed by atoms with E-state index in [1.807, 2.05) is 0 Å². The maximum atomic E-state index is 13.4. The molecule has 1 rings (SSSR count). The molecule has 0 aliphatic heterocycles. The molecule has 102 valence electrons. The summed E-state index contributed by atoms with van der Waals surface area (Å²) in [4.78, 5) is 0. The van der Waals surface area contributed by atoms with Gasteiger partial charge in [0.15, 0.2) is 11.6 Å². The van der Waals surface area contributed by atoms with E-state index < -0.39 is 11.9 Å². The Morgan fingerprint density at radius 3 is 2.67 bits per heavy atom. The summed E-state index contributed by atoms with van der Waals surface area (Å²) in [6, 6.07) is 4.63. The molecule has 0 bridgehead atoms. The van der Waals surface area contributed by atoms with E-state index in [4.69, 9.17) is 14.2 Å². The van der Waals surface area contributed by atoms with Crippen LogP contribution in [-0.2, 0) is 15.9 Å². The summed E-state index contributed by atoms with van der Waals surface area (Å²) in [5, 5.41) is 9.70. The Bertz CT molecular complexity index is 357. The number of halogens is 1. The van der Waals surface area contributed by atoms with Crippen molar-refractivity contribution >= 4 is 0 Å². The molecule has 0 saturated heterocycles. The average Bonchev–Trinajstić information content (AvgIpc) is 2.35. The zero-order valence-electron chi connectivity index (χ0n) is 10.7. The Kier molecular flexibility index (Phi) is 6.64. The lowest BCUT2D eigenvalue weighted by Gasteiger charge is -2.12. The van der Waals surface area contributed by atoms with Gasteiger partial charge in [-0.05, 0) is 17.7 Å². The summed E-state index contributed by atoms with van der Waals surface area (Å²) in [5.41, 5.74) is 0.705. The van der Waals surface area contributed by atoms with Crippen LogP contribution < -0.4 is 4.74 Å². The largest absolute Gasteiger partial charge is 0.494 e. The van der Waals surface area contributed by atoms with Crippen LogP contribution in [0.25, 0.3) is 0 Å². The van der Waals surface area contributed by atoms with Gasteiger partial charge in [0.25, 0.3) is 0 Å². The lowest BCUT2D eigenvalue weighted by molar-refractivity contribution is 0.0137. The number of hydrogen-bond acceptors (Lipinski definition) is 4. The summed E-state index contributed by atoms with van der Waals surface area (Å²) >= 11 is 0. The SMILES string of the molecule is COCCOCC(O)Cc1ccc(OC)c(F)c1. The van der Waals surface area contributed by atoms with Gasteiger partial charge in [-0.15, -0.1) is 0 Å². The van der Waals surface area contributed by atoms with Gasteiger partial charge in [-0.2, -0.15) is 0 Å². The molecule has 0 aliphatic carbocycles.